The highest BCUT2D eigenvalue weighted by molar-refractivity contribution is 5.17. The summed E-state index contributed by atoms with van der Waals surface area (Å²) in [6.45, 7) is 4.97. The van der Waals surface area contributed by atoms with Crippen LogP contribution in [0.15, 0.2) is 16.7 Å². The van der Waals surface area contributed by atoms with Crippen molar-refractivity contribution < 1.29 is 4.42 Å². The second kappa shape index (κ2) is 7.71. The molecule has 3 heteroatoms. The number of rotatable bonds is 6. The minimum absolute atomic E-state index is 0.754. The first-order valence-corrected chi connectivity index (χ1v) is 7.77. The summed E-state index contributed by atoms with van der Waals surface area (Å²) in [5, 5.41) is 3.34. The lowest BCUT2D eigenvalue weighted by Crippen LogP contribution is -2.31. The molecular weight excluding hydrogens is 236 g/mol. The molecule has 3 nitrogen and oxygen atoms in total. The lowest BCUT2D eigenvalue weighted by atomic mass is 10.1. The molecule has 1 aromatic heterocycles. The van der Waals surface area contributed by atoms with Gasteiger partial charge in [0, 0.05) is 18.2 Å². The van der Waals surface area contributed by atoms with E-state index in [0.29, 0.717) is 0 Å². The molecule has 0 radical (unpaired) electrons. The predicted molar refractivity (Wildman–Crippen MR) is 79.0 cm³/mol. The van der Waals surface area contributed by atoms with Gasteiger partial charge in [-0.3, -0.25) is 4.90 Å². The molecule has 1 heterocycles. The average Bonchev–Trinajstić information content (AvgIpc) is 2.67. The van der Waals surface area contributed by atoms with E-state index in [4.69, 9.17) is 4.42 Å². The molecule has 0 atom stereocenters. The topological polar surface area (TPSA) is 28.4 Å². The van der Waals surface area contributed by atoms with Gasteiger partial charge >= 0.3 is 0 Å². The van der Waals surface area contributed by atoms with Crippen LogP contribution >= 0.6 is 0 Å². The standard InChI is InChI=1S/C16H28N2O/c1-3-17-12-16-14(10-11-19-16)13-18(2)15-8-6-4-5-7-9-15/h10-11,15,17H,3-9,12-13H2,1-2H3. The van der Waals surface area contributed by atoms with Crippen molar-refractivity contribution in [3.63, 3.8) is 0 Å². The zero-order valence-electron chi connectivity index (χ0n) is 12.5. The Bertz CT molecular complexity index is 353. The van der Waals surface area contributed by atoms with Crippen LogP contribution in [0.5, 0.6) is 0 Å². The third-order valence-electron chi connectivity index (χ3n) is 4.24. The van der Waals surface area contributed by atoms with Gasteiger partial charge in [0.25, 0.3) is 0 Å². The molecule has 0 spiro atoms. The maximum atomic E-state index is 5.59. The van der Waals surface area contributed by atoms with Crippen molar-refractivity contribution in [2.24, 2.45) is 0 Å². The van der Waals surface area contributed by atoms with E-state index >= 15 is 0 Å². The molecule has 0 bridgehead atoms. The van der Waals surface area contributed by atoms with E-state index in [2.05, 4.69) is 30.3 Å². The summed E-state index contributed by atoms with van der Waals surface area (Å²) in [6.07, 6.45) is 10.2. The van der Waals surface area contributed by atoms with E-state index in [1.807, 2.05) is 6.26 Å². The Labute approximate surface area is 117 Å². The molecule has 0 aromatic carbocycles. The first-order valence-electron chi connectivity index (χ1n) is 7.77. The lowest BCUT2D eigenvalue weighted by molar-refractivity contribution is 0.211. The van der Waals surface area contributed by atoms with Crippen LogP contribution in [0.3, 0.4) is 0 Å². The quantitative estimate of drug-likeness (QED) is 0.797. The zero-order valence-corrected chi connectivity index (χ0v) is 12.5. The molecule has 0 unspecified atom stereocenters. The van der Waals surface area contributed by atoms with Crippen molar-refractivity contribution >= 4 is 0 Å². The number of furan rings is 1. The largest absolute Gasteiger partial charge is 0.468 e. The number of hydrogen-bond acceptors (Lipinski definition) is 3. The number of hydrogen-bond donors (Lipinski definition) is 1. The third kappa shape index (κ3) is 4.36. The van der Waals surface area contributed by atoms with E-state index in [1.54, 1.807) is 0 Å². The molecule has 108 valence electrons. The zero-order chi connectivity index (χ0) is 13.5. The maximum absolute atomic E-state index is 5.59. The Morgan fingerprint density at radius 1 is 1.26 bits per heavy atom. The summed E-state index contributed by atoms with van der Waals surface area (Å²) >= 11 is 0. The highest BCUT2D eigenvalue weighted by atomic mass is 16.3. The van der Waals surface area contributed by atoms with Crippen molar-refractivity contribution in [1.29, 1.82) is 0 Å². The molecule has 1 aliphatic rings. The minimum Gasteiger partial charge on any atom is -0.468 e. The Balaban J connectivity index is 1.90. The Hall–Kier alpha value is -0.800. The van der Waals surface area contributed by atoms with E-state index < -0.39 is 0 Å². The van der Waals surface area contributed by atoms with Crippen LogP contribution in [0.1, 0.15) is 56.8 Å². The van der Waals surface area contributed by atoms with Crippen LogP contribution in [0, 0.1) is 0 Å². The van der Waals surface area contributed by atoms with Crippen molar-refractivity contribution in [3.8, 4) is 0 Å². The van der Waals surface area contributed by atoms with Gasteiger partial charge in [0.15, 0.2) is 0 Å². The van der Waals surface area contributed by atoms with Gasteiger partial charge in [-0.15, -0.1) is 0 Å². The van der Waals surface area contributed by atoms with Crippen LogP contribution in [0.25, 0.3) is 0 Å². The van der Waals surface area contributed by atoms with Crippen LogP contribution in [-0.4, -0.2) is 24.5 Å². The van der Waals surface area contributed by atoms with Crippen molar-refractivity contribution in [1.82, 2.24) is 10.2 Å². The van der Waals surface area contributed by atoms with E-state index in [1.165, 1.54) is 44.1 Å². The van der Waals surface area contributed by atoms with Crippen LogP contribution < -0.4 is 5.32 Å². The van der Waals surface area contributed by atoms with Gasteiger partial charge < -0.3 is 9.73 Å². The lowest BCUT2D eigenvalue weighted by Gasteiger charge is -2.26. The van der Waals surface area contributed by atoms with Crippen LogP contribution in [-0.2, 0) is 13.1 Å². The number of nitrogens with zero attached hydrogens (tertiary/aromatic N) is 1. The molecule has 1 aliphatic carbocycles. The Morgan fingerprint density at radius 2 is 2.00 bits per heavy atom. The molecule has 0 aliphatic heterocycles. The number of nitrogens with one attached hydrogen (secondary N) is 1. The highest BCUT2D eigenvalue weighted by Gasteiger charge is 2.18. The monoisotopic (exact) mass is 264 g/mol. The summed E-state index contributed by atoms with van der Waals surface area (Å²) < 4.78 is 5.59. The molecule has 1 aromatic rings. The SMILES string of the molecule is CCNCc1occc1CN(C)C1CCCCCC1. The van der Waals surface area contributed by atoms with Crippen molar-refractivity contribution in [3.05, 3.63) is 23.7 Å². The second-order valence-corrected chi connectivity index (χ2v) is 5.71. The van der Waals surface area contributed by atoms with Gasteiger partial charge in [0.2, 0.25) is 0 Å². The first kappa shape index (κ1) is 14.6. The van der Waals surface area contributed by atoms with Crippen LogP contribution in [0.2, 0.25) is 0 Å². The molecule has 1 N–H and O–H groups in total. The first-order chi connectivity index (χ1) is 9.31. The molecular formula is C16H28N2O. The van der Waals surface area contributed by atoms with E-state index in [0.717, 1.165) is 31.4 Å². The Kier molecular flexibility index (Phi) is 5.93. The summed E-state index contributed by atoms with van der Waals surface area (Å²) in [5.41, 5.74) is 1.34. The Morgan fingerprint density at radius 3 is 2.68 bits per heavy atom. The van der Waals surface area contributed by atoms with E-state index in [-0.39, 0.29) is 0 Å². The minimum atomic E-state index is 0.754. The van der Waals surface area contributed by atoms with Gasteiger partial charge in [-0.1, -0.05) is 32.6 Å². The maximum Gasteiger partial charge on any atom is 0.122 e. The smallest absolute Gasteiger partial charge is 0.122 e. The molecule has 1 saturated carbocycles. The normalized spacial score (nSPS) is 17.8. The summed E-state index contributed by atoms with van der Waals surface area (Å²) in [6, 6.07) is 2.88. The fraction of sp³-hybridized carbons (Fsp3) is 0.750. The molecule has 2 rings (SSSR count). The second-order valence-electron chi connectivity index (χ2n) is 5.71. The van der Waals surface area contributed by atoms with Crippen LogP contribution in [0.4, 0.5) is 0 Å². The average molecular weight is 264 g/mol. The molecule has 0 saturated heterocycles. The summed E-state index contributed by atoms with van der Waals surface area (Å²) in [4.78, 5) is 2.52. The van der Waals surface area contributed by atoms with Gasteiger partial charge in [-0.25, -0.2) is 0 Å². The third-order valence-corrected chi connectivity index (χ3v) is 4.24. The van der Waals surface area contributed by atoms with Gasteiger partial charge in [-0.05, 0) is 32.5 Å². The highest BCUT2D eigenvalue weighted by Crippen LogP contribution is 2.23. The molecule has 1 fully saturated rings. The summed E-state index contributed by atoms with van der Waals surface area (Å²) in [7, 11) is 2.26. The predicted octanol–water partition coefficient (Wildman–Crippen LogP) is 3.54. The van der Waals surface area contributed by atoms with Crippen molar-refractivity contribution in [2.75, 3.05) is 13.6 Å². The van der Waals surface area contributed by atoms with Gasteiger partial charge in [0.1, 0.15) is 5.76 Å². The molecule has 0 amide bonds. The summed E-state index contributed by atoms with van der Waals surface area (Å²) in [5.74, 6) is 1.10. The van der Waals surface area contributed by atoms with E-state index in [9.17, 15) is 0 Å². The van der Waals surface area contributed by atoms with Gasteiger partial charge in [0.05, 0.1) is 12.8 Å². The fourth-order valence-corrected chi connectivity index (χ4v) is 3.00. The van der Waals surface area contributed by atoms with Crippen molar-refractivity contribution in [2.45, 2.75) is 64.6 Å². The van der Waals surface area contributed by atoms with Gasteiger partial charge in [-0.2, -0.15) is 0 Å². The fourth-order valence-electron chi connectivity index (χ4n) is 3.00. The molecule has 19 heavy (non-hydrogen) atoms.